The number of amides is 3. The van der Waals surface area contributed by atoms with Gasteiger partial charge in [0.2, 0.25) is 5.91 Å². The molecule has 1 aliphatic rings. The first-order valence-electron chi connectivity index (χ1n) is 8.02. The molecule has 0 atom stereocenters. The lowest BCUT2D eigenvalue weighted by Crippen LogP contribution is -2.43. The molecule has 136 valence electrons. The first kappa shape index (κ1) is 18.9. The summed E-state index contributed by atoms with van der Waals surface area (Å²) in [5.41, 5.74) is 5.24. The van der Waals surface area contributed by atoms with Gasteiger partial charge in [0.25, 0.3) is 11.8 Å². The summed E-state index contributed by atoms with van der Waals surface area (Å²) in [4.78, 5) is 48.5. The number of nitrogens with two attached hydrogens (primary N) is 1. The number of ether oxygens (including phenoxy) is 1. The van der Waals surface area contributed by atoms with E-state index in [0.717, 1.165) is 0 Å². The molecular formula is C16H21N3O5S. The molecule has 1 saturated heterocycles. The molecule has 25 heavy (non-hydrogen) atoms. The van der Waals surface area contributed by atoms with Crippen molar-refractivity contribution < 1.29 is 23.9 Å². The van der Waals surface area contributed by atoms with E-state index >= 15 is 0 Å². The Hall–Kier alpha value is -2.42. The third-order valence-electron chi connectivity index (χ3n) is 3.97. The third-order valence-corrected chi connectivity index (χ3v) is 4.83. The summed E-state index contributed by atoms with van der Waals surface area (Å²) in [6, 6.07) is 3.46. The Labute approximate surface area is 149 Å². The topological polar surface area (TPSA) is 119 Å². The van der Waals surface area contributed by atoms with Crippen LogP contribution >= 0.6 is 11.3 Å². The molecule has 0 saturated carbocycles. The summed E-state index contributed by atoms with van der Waals surface area (Å²) in [6.45, 7) is 0.675. The van der Waals surface area contributed by atoms with Gasteiger partial charge in [-0.25, -0.2) is 0 Å². The van der Waals surface area contributed by atoms with E-state index in [1.165, 1.54) is 11.3 Å². The second-order valence-electron chi connectivity index (χ2n) is 5.70. The lowest BCUT2D eigenvalue weighted by molar-refractivity contribution is -0.152. The lowest BCUT2D eigenvalue weighted by Gasteiger charge is -2.30. The Morgan fingerprint density at radius 3 is 2.60 bits per heavy atom. The highest BCUT2D eigenvalue weighted by Crippen LogP contribution is 2.16. The average molecular weight is 367 g/mol. The number of piperidine rings is 1. The van der Waals surface area contributed by atoms with Crippen molar-refractivity contribution in [2.75, 3.05) is 26.2 Å². The summed E-state index contributed by atoms with van der Waals surface area (Å²) in [6.07, 6.45) is 1.06. The van der Waals surface area contributed by atoms with E-state index in [1.807, 2.05) is 0 Å². The van der Waals surface area contributed by atoms with Crippen molar-refractivity contribution in [3.05, 3.63) is 22.4 Å². The van der Waals surface area contributed by atoms with Gasteiger partial charge in [-0.2, -0.15) is 0 Å². The van der Waals surface area contributed by atoms with Crippen LogP contribution in [0, 0.1) is 5.92 Å². The van der Waals surface area contributed by atoms with Gasteiger partial charge in [-0.05, 0) is 24.3 Å². The Balaban J connectivity index is 1.60. The van der Waals surface area contributed by atoms with Crippen LogP contribution in [-0.4, -0.2) is 54.8 Å². The Morgan fingerprint density at radius 2 is 2.00 bits per heavy atom. The van der Waals surface area contributed by atoms with Crippen molar-refractivity contribution in [1.82, 2.24) is 10.2 Å². The molecule has 0 aromatic carbocycles. The number of carbonyl (C=O) groups excluding carboxylic acids is 4. The second kappa shape index (κ2) is 9.16. The molecule has 9 heteroatoms. The van der Waals surface area contributed by atoms with E-state index in [9.17, 15) is 19.2 Å². The highest BCUT2D eigenvalue weighted by molar-refractivity contribution is 7.12. The molecule has 3 N–H and O–H groups in total. The zero-order valence-electron chi connectivity index (χ0n) is 13.7. The molecule has 1 aliphatic heterocycles. The Bertz CT molecular complexity index is 624. The molecule has 0 bridgehead atoms. The zero-order valence-corrected chi connectivity index (χ0v) is 14.5. The minimum atomic E-state index is -0.549. The van der Waals surface area contributed by atoms with Crippen LogP contribution < -0.4 is 11.1 Å². The van der Waals surface area contributed by atoms with Crippen LogP contribution in [-0.2, 0) is 19.1 Å². The standard InChI is InChI=1S/C16H21N3O5S/c17-15(22)11-4-7-19(8-5-11)13(20)10-24-14(21)3-6-18-16(23)12-2-1-9-25-12/h1-2,9,11H,3-8,10H2,(H2,17,22)(H,18,23). The first-order valence-corrected chi connectivity index (χ1v) is 8.89. The van der Waals surface area contributed by atoms with Gasteiger partial charge in [0, 0.05) is 25.6 Å². The molecule has 0 spiro atoms. The van der Waals surface area contributed by atoms with Gasteiger partial charge in [-0.15, -0.1) is 11.3 Å². The minimum Gasteiger partial charge on any atom is -0.456 e. The number of thiophene rings is 1. The predicted octanol–water partition coefficient (Wildman–Crippen LogP) is 0.135. The summed E-state index contributed by atoms with van der Waals surface area (Å²) < 4.78 is 4.93. The number of likely N-dealkylation sites (tertiary alicyclic amines) is 1. The minimum absolute atomic E-state index is 0.00581. The van der Waals surface area contributed by atoms with Crippen LogP contribution in [0.25, 0.3) is 0 Å². The predicted molar refractivity (Wildman–Crippen MR) is 90.7 cm³/mol. The summed E-state index contributed by atoms with van der Waals surface area (Å²) in [7, 11) is 0. The van der Waals surface area contributed by atoms with Crippen molar-refractivity contribution in [3.8, 4) is 0 Å². The van der Waals surface area contributed by atoms with Crippen LogP contribution in [0.5, 0.6) is 0 Å². The molecular weight excluding hydrogens is 346 g/mol. The van der Waals surface area contributed by atoms with Crippen LogP contribution in [0.4, 0.5) is 0 Å². The normalized spacial score (nSPS) is 14.8. The number of rotatable bonds is 7. The number of hydrogen-bond acceptors (Lipinski definition) is 6. The van der Waals surface area contributed by atoms with Crippen LogP contribution in [0.15, 0.2) is 17.5 Å². The molecule has 1 fully saturated rings. The number of carbonyl (C=O) groups is 4. The molecule has 8 nitrogen and oxygen atoms in total. The smallest absolute Gasteiger partial charge is 0.308 e. The van der Waals surface area contributed by atoms with E-state index < -0.39 is 5.97 Å². The van der Waals surface area contributed by atoms with E-state index in [-0.39, 0.29) is 43.2 Å². The van der Waals surface area contributed by atoms with Gasteiger partial charge in [-0.3, -0.25) is 19.2 Å². The number of hydrogen-bond donors (Lipinski definition) is 2. The van der Waals surface area contributed by atoms with Gasteiger partial charge in [0.15, 0.2) is 6.61 Å². The fraction of sp³-hybridized carbons (Fsp3) is 0.500. The van der Waals surface area contributed by atoms with Crippen molar-refractivity contribution in [3.63, 3.8) is 0 Å². The molecule has 2 rings (SSSR count). The van der Waals surface area contributed by atoms with Gasteiger partial charge in [0.1, 0.15) is 0 Å². The van der Waals surface area contributed by atoms with Crippen molar-refractivity contribution in [2.45, 2.75) is 19.3 Å². The van der Waals surface area contributed by atoms with Gasteiger partial charge >= 0.3 is 5.97 Å². The highest BCUT2D eigenvalue weighted by Gasteiger charge is 2.26. The molecule has 1 aromatic rings. The first-order chi connectivity index (χ1) is 12.0. The molecule has 0 radical (unpaired) electrons. The summed E-state index contributed by atoms with van der Waals surface area (Å²) in [5, 5.41) is 4.41. The third kappa shape index (κ3) is 5.86. The Kier molecular flexibility index (Phi) is 6.93. The van der Waals surface area contributed by atoms with Crippen LogP contribution in [0.2, 0.25) is 0 Å². The van der Waals surface area contributed by atoms with E-state index in [0.29, 0.717) is 30.8 Å². The molecule has 1 aromatic heterocycles. The van der Waals surface area contributed by atoms with Gasteiger partial charge in [0.05, 0.1) is 11.3 Å². The molecule has 0 unspecified atom stereocenters. The SMILES string of the molecule is NC(=O)C1CCN(C(=O)COC(=O)CCNC(=O)c2cccs2)CC1. The van der Waals surface area contributed by atoms with E-state index in [4.69, 9.17) is 10.5 Å². The van der Waals surface area contributed by atoms with Crippen LogP contribution in [0.1, 0.15) is 28.9 Å². The maximum absolute atomic E-state index is 12.0. The van der Waals surface area contributed by atoms with Crippen molar-refractivity contribution >= 4 is 35.0 Å². The summed E-state index contributed by atoms with van der Waals surface area (Å²) >= 11 is 1.31. The molecule has 3 amide bonds. The van der Waals surface area contributed by atoms with E-state index in [2.05, 4.69) is 5.32 Å². The largest absolute Gasteiger partial charge is 0.456 e. The van der Waals surface area contributed by atoms with Crippen LogP contribution in [0.3, 0.4) is 0 Å². The quantitative estimate of drug-likeness (QED) is 0.664. The summed E-state index contributed by atoms with van der Waals surface area (Å²) in [5.74, 6) is -1.62. The molecule has 2 heterocycles. The fourth-order valence-corrected chi connectivity index (χ4v) is 3.13. The van der Waals surface area contributed by atoms with Gasteiger partial charge in [-0.1, -0.05) is 6.07 Å². The maximum Gasteiger partial charge on any atom is 0.308 e. The molecule has 0 aliphatic carbocycles. The Morgan fingerprint density at radius 1 is 1.28 bits per heavy atom. The zero-order chi connectivity index (χ0) is 18.2. The van der Waals surface area contributed by atoms with Gasteiger partial charge < -0.3 is 20.7 Å². The highest BCUT2D eigenvalue weighted by atomic mass is 32.1. The number of nitrogens with zero attached hydrogens (tertiary/aromatic N) is 1. The average Bonchev–Trinajstić information content (AvgIpc) is 3.14. The lowest BCUT2D eigenvalue weighted by atomic mass is 9.96. The number of nitrogens with one attached hydrogen (secondary N) is 1. The maximum atomic E-state index is 12.0. The monoisotopic (exact) mass is 367 g/mol. The van der Waals surface area contributed by atoms with Crippen molar-refractivity contribution in [1.29, 1.82) is 0 Å². The number of esters is 1. The number of primary amides is 1. The van der Waals surface area contributed by atoms with E-state index in [1.54, 1.807) is 22.4 Å². The van der Waals surface area contributed by atoms with Crippen molar-refractivity contribution in [2.24, 2.45) is 11.7 Å². The fourth-order valence-electron chi connectivity index (χ4n) is 2.49. The second-order valence-corrected chi connectivity index (χ2v) is 6.65.